The molecule has 0 bridgehead atoms. The van der Waals surface area contributed by atoms with E-state index in [2.05, 4.69) is 36.5 Å². The molecule has 0 aromatic heterocycles. The number of benzene rings is 3. The van der Waals surface area contributed by atoms with Crippen molar-refractivity contribution in [1.29, 1.82) is 0 Å². The number of methoxy groups -OCH3 is 2. The van der Waals surface area contributed by atoms with E-state index in [1.165, 1.54) is 26.5 Å². The number of ether oxygens (including phenoxy) is 4. The summed E-state index contributed by atoms with van der Waals surface area (Å²) in [7, 11) is 2.70. The number of amides is 2. The molecular formula is C29H28BrCl2N3O7. The number of hydrazone groups is 1. The fourth-order valence-corrected chi connectivity index (χ4v) is 4.58. The normalized spacial score (nSPS) is 12.2. The highest BCUT2D eigenvalue weighted by Crippen LogP contribution is 2.36. The monoisotopic (exact) mass is 679 g/mol. The summed E-state index contributed by atoms with van der Waals surface area (Å²) < 4.78 is 21.6. The molecule has 3 aromatic carbocycles. The Morgan fingerprint density at radius 1 is 1.00 bits per heavy atom. The van der Waals surface area contributed by atoms with Crippen molar-refractivity contribution in [1.82, 2.24) is 10.7 Å². The molecule has 10 nitrogen and oxygen atoms in total. The van der Waals surface area contributed by atoms with Crippen LogP contribution in [0.2, 0.25) is 10.0 Å². The van der Waals surface area contributed by atoms with Crippen molar-refractivity contribution in [3.8, 4) is 17.2 Å². The Hall–Kier alpha value is -3.80. The number of rotatable bonds is 13. The average molecular weight is 681 g/mol. The lowest BCUT2D eigenvalue weighted by Crippen LogP contribution is -2.50. The number of hydrogen-bond donors (Lipinski definition) is 2. The molecule has 0 fully saturated rings. The van der Waals surface area contributed by atoms with Crippen LogP contribution in [0, 0.1) is 0 Å². The minimum absolute atomic E-state index is 0.202. The van der Waals surface area contributed by atoms with E-state index in [-0.39, 0.29) is 23.8 Å². The third-order valence-electron chi connectivity index (χ3n) is 5.68. The van der Waals surface area contributed by atoms with Gasteiger partial charge in [0.25, 0.3) is 11.8 Å². The van der Waals surface area contributed by atoms with Crippen LogP contribution in [0.1, 0.15) is 18.1 Å². The first kappa shape index (κ1) is 32.7. The Bertz CT molecular complexity index is 1440. The van der Waals surface area contributed by atoms with Crippen molar-refractivity contribution in [2.75, 3.05) is 20.8 Å². The van der Waals surface area contributed by atoms with Gasteiger partial charge in [-0.05, 0) is 64.3 Å². The van der Waals surface area contributed by atoms with Crippen LogP contribution in [-0.4, -0.2) is 57.0 Å². The van der Waals surface area contributed by atoms with Crippen LogP contribution in [0.15, 0.2) is 70.2 Å². The van der Waals surface area contributed by atoms with Crippen LogP contribution in [0.5, 0.6) is 17.2 Å². The van der Waals surface area contributed by atoms with Crippen molar-refractivity contribution in [2.24, 2.45) is 5.10 Å². The van der Waals surface area contributed by atoms with Gasteiger partial charge in [0.1, 0.15) is 11.8 Å². The van der Waals surface area contributed by atoms with Crippen molar-refractivity contribution >= 4 is 63.1 Å². The summed E-state index contributed by atoms with van der Waals surface area (Å²) in [6.45, 7) is 1.24. The van der Waals surface area contributed by atoms with Crippen LogP contribution in [0.3, 0.4) is 0 Å². The maximum Gasteiger partial charge on any atom is 0.343 e. The number of carbonyl (C=O) groups excluding carboxylic acids is 3. The van der Waals surface area contributed by atoms with Gasteiger partial charge in [-0.2, -0.15) is 5.10 Å². The molecule has 0 radical (unpaired) electrons. The lowest BCUT2D eigenvalue weighted by atomic mass is 10.1. The van der Waals surface area contributed by atoms with E-state index in [0.29, 0.717) is 26.6 Å². The van der Waals surface area contributed by atoms with E-state index < -0.39 is 29.9 Å². The third-order valence-corrected chi connectivity index (χ3v) is 6.80. The van der Waals surface area contributed by atoms with E-state index in [1.54, 1.807) is 31.2 Å². The van der Waals surface area contributed by atoms with Crippen LogP contribution >= 0.6 is 39.1 Å². The standard InChI is InChI=1S/C29H28BrCl2N3O7/c1-17(42-24-10-9-20(31)14-22(24)32)28(37)34-23(12-18-7-5-4-6-8-18)29(38)35-33-15-19-11-21(30)27(25(13-19)39-2)41-16-26(36)40-3/h4-11,13-15,17,23H,12,16H2,1-3H3,(H,34,37)(H,35,38)/b33-15-/t17-,23+/m1/s1. The highest BCUT2D eigenvalue weighted by Gasteiger charge is 2.25. The molecule has 0 aliphatic rings. The fraction of sp³-hybridized carbons (Fsp3) is 0.241. The van der Waals surface area contributed by atoms with E-state index in [4.69, 9.17) is 37.4 Å². The Balaban J connectivity index is 1.71. The highest BCUT2D eigenvalue weighted by atomic mass is 79.9. The number of nitrogens with one attached hydrogen (secondary N) is 2. The second-order valence-corrected chi connectivity index (χ2v) is 10.4. The summed E-state index contributed by atoms with van der Waals surface area (Å²) in [6.07, 6.45) is 0.627. The first-order chi connectivity index (χ1) is 20.1. The van der Waals surface area contributed by atoms with Gasteiger partial charge in [0.05, 0.1) is 29.9 Å². The first-order valence-electron chi connectivity index (χ1n) is 12.5. The zero-order valence-electron chi connectivity index (χ0n) is 22.9. The molecule has 3 aromatic rings. The van der Waals surface area contributed by atoms with Crippen molar-refractivity contribution < 1.29 is 33.3 Å². The van der Waals surface area contributed by atoms with Crippen LogP contribution in [-0.2, 0) is 25.5 Å². The van der Waals surface area contributed by atoms with Gasteiger partial charge in [0.15, 0.2) is 24.2 Å². The Morgan fingerprint density at radius 3 is 2.40 bits per heavy atom. The lowest BCUT2D eigenvalue weighted by molar-refractivity contribution is -0.143. The molecule has 0 heterocycles. The highest BCUT2D eigenvalue weighted by molar-refractivity contribution is 9.10. The van der Waals surface area contributed by atoms with Gasteiger partial charge in [-0.1, -0.05) is 53.5 Å². The Kier molecular flexibility index (Phi) is 12.5. The minimum Gasteiger partial charge on any atom is -0.493 e. The molecule has 0 spiro atoms. The summed E-state index contributed by atoms with van der Waals surface area (Å²) in [4.78, 5) is 37.6. The zero-order valence-corrected chi connectivity index (χ0v) is 26.0. The van der Waals surface area contributed by atoms with Gasteiger partial charge in [0, 0.05) is 11.4 Å². The third kappa shape index (κ3) is 9.64. The predicted octanol–water partition coefficient (Wildman–Crippen LogP) is 4.96. The van der Waals surface area contributed by atoms with Crippen molar-refractivity contribution in [2.45, 2.75) is 25.5 Å². The number of halogens is 3. The van der Waals surface area contributed by atoms with Crippen molar-refractivity contribution in [3.63, 3.8) is 0 Å². The molecule has 0 saturated carbocycles. The minimum atomic E-state index is -0.973. The van der Waals surface area contributed by atoms with Gasteiger partial charge < -0.3 is 24.3 Å². The maximum absolute atomic E-state index is 13.2. The molecule has 0 aliphatic carbocycles. The molecule has 2 atom stereocenters. The van der Waals surface area contributed by atoms with Crippen molar-refractivity contribution in [3.05, 3.63) is 86.3 Å². The summed E-state index contributed by atoms with van der Waals surface area (Å²) in [6, 6.07) is 16.2. The quantitative estimate of drug-likeness (QED) is 0.149. The second kappa shape index (κ2) is 16.0. The molecule has 2 amide bonds. The number of hydrogen-bond acceptors (Lipinski definition) is 8. The maximum atomic E-state index is 13.2. The van der Waals surface area contributed by atoms with Crippen LogP contribution in [0.4, 0.5) is 0 Å². The smallest absolute Gasteiger partial charge is 0.343 e. The van der Waals surface area contributed by atoms with E-state index in [1.807, 2.05) is 30.3 Å². The van der Waals surface area contributed by atoms with E-state index in [9.17, 15) is 14.4 Å². The Labute approximate surface area is 261 Å². The van der Waals surface area contributed by atoms with Gasteiger partial charge in [-0.15, -0.1) is 0 Å². The Morgan fingerprint density at radius 2 is 1.74 bits per heavy atom. The summed E-state index contributed by atoms with van der Waals surface area (Å²) in [5, 5.41) is 7.46. The molecule has 0 unspecified atom stereocenters. The SMILES string of the molecule is COC(=O)COc1c(Br)cc(/C=N\NC(=O)[C@H](Cc2ccccc2)NC(=O)[C@@H](C)Oc2ccc(Cl)cc2Cl)cc1OC. The number of esters is 1. The molecule has 13 heteroatoms. The molecule has 222 valence electrons. The zero-order chi connectivity index (χ0) is 30.6. The predicted molar refractivity (Wildman–Crippen MR) is 163 cm³/mol. The molecular weight excluding hydrogens is 653 g/mol. The molecule has 2 N–H and O–H groups in total. The molecule has 3 rings (SSSR count). The van der Waals surface area contributed by atoms with Gasteiger partial charge >= 0.3 is 5.97 Å². The van der Waals surface area contributed by atoms with E-state index in [0.717, 1.165) is 5.56 Å². The fourth-order valence-electron chi connectivity index (χ4n) is 3.56. The van der Waals surface area contributed by atoms with Crippen LogP contribution in [0.25, 0.3) is 0 Å². The van der Waals surface area contributed by atoms with Crippen LogP contribution < -0.4 is 25.0 Å². The van der Waals surface area contributed by atoms with Gasteiger partial charge in [-0.25, -0.2) is 10.2 Å². The molecule has 0 saturated heterocycles. The largest absolute Gasteiger partial charge is 0.493 e. The number of carbonyl (C=O) groups is 3. The average Bonchev–Trinajstić information content (AvgIpc) is 2.97. The second-order valence-electron chi connectivity index (χ2n) is 8.72. The van der Waals surface area contributed by atoms with Gasteiger partial charge in [-0.3, -0.25) is 9.59 Å². The van der Waals surface area contributed by atoms with Gasteiger partial charge in [0.2, 0.25) is 0 Å². The molecule has 42 heavy (non-hydrogen) atoms. The molecule has 0 aliphatic heterocycles. The summed E-state index contributed by atoms with van der Waals surface area (Å²) in [5.74, 6) is -0.734. The number of nitrogens with zero attached hydrogens (tertiary/aromatic N) is 1. The topological polar surface area (TPSA) is 125 Å². The first-order valence-corrected chi connectivity index (χ1v) is 14.0. The lowest BCUT2D eigenvalue weighted by Gasteiger charge is -2.21. The summed E-state index contributed by atoms with van der Waals surface area (Å²) in [5.41, 5.74) is 3.85. The van der Waals surface area contributed by atoms with E-state index >= 15 is 0 Å². The summed E-state index contributed by atoms with van der Waals surface area (Å²) >= 11 is 15.5.